The maximum atomic E-state index is 12.6. The van der Waals surface area contributed by atoms with Gasteiger partial charge >= 0.3 is 0 Å². The van der Waals surface area contributed by atoms with E-state index >= 15 is 0 Å². The number of sulfonamides is 1. The van der Waals surface area contributed by atoms with Crippen LogP contribution in [0.2, 0.25) is 0 Å². The number of halogens is 1. The zero-order valence-corrected chi connectivity index (χ0v) is 16.1. The molecule has 1 saturated carbocycles. The van der Waals surface area contributed by atoms with Crippen LogP contribution in [0.15, 0.2) is 39.0 Å². The normalized spacial score (nSPS) is 18.3. The van der Waals surface area contributed by atoms with Gasteiger partial charge in [0.15, 0.2) is 0 Å². The molecule has 1 aromatic carbocycles. The molecule has 0 atom stereocenters. The number of benzene rings is 1. The quantitative estimate of drug-likeness (QED) is 0.791. The van der Waals surface area contributed by atoms with Gasteiger partial charge in [-0.25, -0.2) is 12.7 Å². The summed E-state index contributed by atoms with van der Waals surface area (Å²) in [6, 6.07) is 5.88. The Labute approximate surface area is 157 Å². The summed E-state index contributed by atoms with van der Waals surface area (Å²) in [5.74, 6) is -0.868. The molecule has 4 rings (SSSR count). The van der Waals surface area contributed by atoms with Crippen LogP contribution in [0.3, 0.4) is 0 Å². The largest absolute Gasteiger partial charge is 0.347 e. The monoisotopic (exact) mass is 440 g/mol. The number of carbonyl (C=O) groups excluding carboxylic acids is 2. The van der Waals surface area contributed by atoms with Crippen LogP contribution in [-0.4, -0.2) is 30.6 Å². The molecule has 0 unspecified atom stereocenters. The summed E-state index contributed by atoms with van der Waals surface area (Å²) >= 11 is 4.86. The summed E-state index contributed by atoms with van der Waals surface area (Å²) in [5.41, 5.74) is 0.369. The molecule has 1 aliphatic heterocycles. The molecule has 1 fully saturated rings. The van der Waals surface area contributed by atoms with Crippen molar-refractivity contribution in [1.29, 1.82) is 0 Å². The molecular weight excluding hydrogens is 428 g/mol. The number of nitrogens with one attached hydrogen (secondary N) is 1. The van der Waals surface area contributed by atoms with Crippen molar-refractivity contribution in [3.8, 4) is 0 Å². The molecule has 2 heterocycles. The van der Waals surface area contributed by atoms with E-state index in [0.717, 1.165) is 13.7 Å². The van der Waals surface area contributed by atoms with E-state index < -0.39 is 15.9 Å². The third-order valence-electron chi connectivity index (χ3n) is 4.13. The van der Waals surface area contributed by atoms with E-state index in [0.29, 0.717) is 19.4 Å². The van der Waals surface area contributed by atoms with Gasteiger partial charge in [0, 0.05) is 26.3 Å². The second-order valence-corrected chi connectivity index (χ2v) is 9.66. The summed E-state index contributed by atoms with van der Waals surface area (Å²) in [5, 5.41) is 4.68. The Morgan fingerprint density at radius 2 is 2.08 bits per heavy atom. The van der Waals surface area contributed by atoms with Gasteiger partial charge in [-0.1, -0.05) is 0 Å². The van der Waals surface area contributed by atoms with Crippen LogP contribution in [0, 0.1) is 0 Å². The van der Waals surface area contributed by atoms with Crippen LogP contribution in [0.1, 0.15) is 38.4 Å². The fourth-order valence-corrected chi connectivity index (χ4v) is 6.01. The summed E-state index contributed by atoms with van der Waals surface area (Å²) in [6.45, 7) is 0.353. The Morgan fingerprint density at radius 1 is 1.32 bits per heavy atom. The first-order valence-corrected chi connectivity index (χ1v) is 10.7. The van der Waals surface area contributed by atoms with Crippen molar-refractivity contribution < 1.29 is 18.0 Å². The lowest BCUT2D eigenvalue weighted by molar-refractivity contribution is 0.0863. The predicted molar refractivity (Wildman–Crippen MR) is 96.0 cm³/mol. The number of thiophene rings is 1. The van der Waals surface area contributed by atoms with Gasteiger partial charge in [-0.3, -0.25) is 9.59 Å². The van der Waals surface area contributed by atoms with Crippen molar-refractivity contribution >= 4 is 49.1 Å². The SMILES string of the molecule is O=C(NCc1cc(Br)cs1)c1ccc2c(c1)S(=O)(=O)N(C1CC1)C2=O. The summed E-state index contributed by atoms with van der Waals surface area (Å²) in [6.07, 6.45) is 1.39. The summed E-state index contributed by atoms with van der Waals surface area (Å²) in [7, 11) is -3.85. The first-order chi connectivity index (χ1) is 11.9. The van der Waals surface area contributed by atoms with Crippen molar-refractivity contribution in [1.82, 2.24) is 9.62 Å². The third-order valence-corrected chi connectivity index (χ3v) is 7.71. The Hall–Kier alpha value is -1.71. The van der Waals surface area contributed by atoms with Crippen LogP contribution in [0.4, 0.5) is 0 Å². The number of fused-ring (bicyclic) bond motifs is 1. The van der Waals surface area contributed by atoms with Gasteiger partial charge in [0.25, 0.3) is 21.8 Å². The Balaban J connectivity index is 1.58. The van der Waals surface area contributed by atoms with E-state index in [9.17, 15) is 18.0 Å². The van der Waals surface area contributed by atoms with Crippen molar-refractivity contribution in [3.05, 3.63) is 50.1 Å². The van der Waals surface area contributed by atoms with E-state index in [1.165, 1.54) is 29.5 Å². The molecule has 2 aromatic rings. The van der Waals surface area contributed by atoms with E-state index in [4.69, 9.17) is 0 Å². The average Bonchev–Trinajstić information content (AvgIpc) is 3.27. The highest BCUT2D eigenvalue weighted by atomic mass is 79.9. The Morgan fingerprint density at radius 3 is 2.72 bits per heavy atom. The van der Waals surface area contributed by atoms with Gasteiger partial charge in [-0.05, 0) is 53.0 Å². The molecule has 1 aromatic heterocycles. The Bertz CT molecular complexity index is 995. The highest BCUT2D eigenvalue weighted by Crippen LogP contribution is 2.39. The molecule has 6 nitrogen and oxygen atoms in total. The first kappa shape index (κ1) is 16.7. The van der Waals surface area contributed by atoms with Crippen LogP contribution in [0.25, 0.3) is 0 Å². The van der Waals surface area contributed by atoms with E-state index in [2.05, 4.69) is 21.2 Å². The number of amides is 2. The molecule has 25 heavy (non-hydrogen) atoms. The maximum absolute atomic E-state index is 12.6. The van der Waals surface area contributed by atoms with Crippen LogP contribution in [0.5, 0.6) is 0 Å². The van der Waals surface area contributed by atoms with E-state index in [1.807, 2.05) is 11.4 Å². The van der Waals surface area contributed by atoms with Gasteiger partial charge in [-0.2, -0.15) is 0 Å². The zero-order valence-electron chi connectivity index (χ0n) is 12.9. The molecule has 1 N–H and O–H groups in total. The minimum atomic E-state index is -3.85. The van der Waals surface area contributed by atoms with Gasteiger partial charge in [0.2, 0.25) is 0 Å². The molecule has 2 amide bonds. The van der Waals surface area contributed by atoms with Crippen LogP contribution >= 0.6 is 27.3 Å². The first-order valence-electron chi connectivity index (χ1n) is 7.62. The number of hydrogen-bond acceptors (Lipinski definition) is 5. The van der Waals surface area contributed by atoms with Crippen molar-refractivity contribution in [2.24, 2.45) is 0 Å². The predicted octanol–water partition coefficient (Wildman–Crippen LogP) is 2.75. The lowest BCUT2D eigenvalue weighted by atomic mass is 10.1. The van der Waals surface area contributed by atoms with Gasteiger partial charge < -0.3 is 5.32 Å². The highest BCUT2D eigenvalue weighted by Gasteiger charge is 2.48. The minimum Gasteiger partial charge on any atom is -0.347 e. The summed E-state index contributed by atoms with van der Waals surface area (Å²) < 4.78 is 27.1. The average molecular weight is 441 g/mol. The number of hydrogen-bond donors (Lipinski definition) is 1. The van der Waals surface area contributed by atoms with Gasteiger partial charge in [0.1, 0.15) is 4.90 Å². The number of rotatable bonds is 4. The Kier molecular flexibility index (Phi) is 3.97. The minimum absolute atomic E-state index is 0.0732. The smallest absolute Gasteiger partial charge is 0.269 e. The molecule has 1 aliphatic carbocycles. The summed E-state index contributed by atoms with van der Waals surface area (Å²) in [4.78, 5) is 25.6. The van der Waals surface area contributed by atoms with E-state index in [1.54, 1.807) is 0 Å². The second-order valence-electron chi connectivity index (χ2n) is 5.96. The molecule has 130 valence electrons. The van der Waals surface area contributed by atoms with Crippen molar-refractivity contribution in [2.75, 3.05) is 0 Å². The van der Waals surface area contributed by atoms with Gasteiger partial charge in [0.05, 0.1) is 12.1 Å². The van der Waals surface area contributed by atoms with Crippen molar-refractivity contribution in [2.45, 2.75) is 30.3 Å². The zero-order chi connectivity index (χ0) is 17.8. The molecule has 0 radical (unpaired) electrons. The molecule has 2 aliphatic rings. The lowest BCUT2D eigenvalue weighted by Gasteiger charge is -2.13. The van der Waals surface area contributed by atoms with Crippen molar-refractivity contribution in [3.63, 3.8) is 0 Å². The molecule has 0 spiro atoms. The molecular formula is C16H13BrN2O4S2. The third kappa shape index (κ3) is 2.90. The van der Waals surface area contributed by atoms with Crippen LogP contribution < -0.4 is 5.32 Å². The number of nitrogens with zero attached hydrogens (tertiary/aromatic N) is 1. The molecule has 0 bridgehead atoms. The van der Waals surface area contributed by atoms with Crippen LogP contribution in [-0.2, 0) is 16.6 Å². The molecule has 9 heteroatoms. The standard InChI is InChI=1S/C16H13BrN2O4S2/c17-10-6-12(24-8-10)7-18-15(20)9-1-4-13-14(5-9)25(22,23)19(16(13)21)11-2-3-11/h1,4-6,8,11H,2-3,7H2,(H,18,20). The second kappa shape index (κ2) is 5.93. The highest BCUT2D eigenvalue weighted by molar-refractivity contribution is 9.10. The maximum Gasteiger partial charge on any atom is 0.269 e. The van der Waals surface area contributed by atoms with Gasteiger partial charge in [-0.15, -0.1) is 11.3 Å². The molecule has 0 saturated heterocycles. The fourth-order valence-electron chi connectivity index (χ4n) is 2.77. The topological polar surface area (TPSA) is 83.6 Å². The number of carbonyl (C=O) groups is 2. The van der Waals surface area contributed by atoms with E-state index in [-0.39, 0.29) is 28.0 Å². The fraction of sp³-hybridized carbons (Fsp3) is 0.250. The lowest BCUT2D eigenvalue weighted by Crippen LogP contribution is -2.32.